The number of imide groups is 1. The Labute approximate surface area is 140 Å². The van der Waals surface area contributed by atoms with Gasteiger partial charge in [0, 0.05) is 23.1 Å². The molecular weight excluding hydrogens is 300 g/mol. The van der Waals surface area contributed by atoms with E-state index in [9.17, 15) is 9.59 Å². The number of hydrogen-bond acceptors (Lipinski definition) is 2. The average Bonchev–Trinajstić information content (AvgIpc) is 3.30. The van der Waals surface area contributed by atoms with Gasteiger partial charge in [-0.05, 0) is 43.2 Å². The number of aromatic nitrogens is 1. The first kappa shape index (κ1) is 14.0. The van der Waals surface area contributed by atoms with Gasteiger partial charge in [-0.25, -0.2) is 0 Å². The normalized spacial score (nSPS) is 30.8. The summed E-state index contributed by atoms with van der Waals surface area (Å²) in [5, 5.41) is 1.19. The molecule has 1 saturated heterocycles. The smallest absolute Gasteiger partial charge is 0.233 e. The molecule has 1 N–H and O–H groups in total. The standard InChI is InChI=1S/C20H20N2O2/c1-11-14(15-4-2-3-5-16(15)21-11)8-9-22-19(23)17-12-6-7-13(10-12)18(17)20(22)24/h2-7,12-13,17-18,21H,8-10H2,1H3. The molecule has 2 fully saturated rings. The van der Waals surface area contributed by atoms with Crippen LogP contribution in [0, 0.1) is 30.6 Å². The number of H-pyrrole nitrogens is 1. The van der Waals surface area contributed by atoms with Crippen LogP contribution in [0.15, 0.2) is 36.4 Å². The maximum atomic E-state index is 12.8. The van der Waals surface area contributed by atoms with Crippen molar-refractivity contribution in [3.8, 4) is 0 Å². The largest absolute Gasteiger partial charge is 0.358 e. The highest BCUT2D eigenvalue weighted by molar-refractivity contribution is 6.06. The minimum absolute atomic E-state index is 0.0549. The second kappa shape index (κ2) is 4.82. The molecule has 2 bridgehead atoms. The van der Waals surface area contributed by atoms with Crippen LogP contribution in [0.4, 0.5) is 0 Å². The van der Waals surface area contributed by atoms with Crippen molar-refractivity contribution in [2.45, 2.75) is 19.8 Å². The van der Waals surface area contributed by atoms with Crippen LogP contribution in [0.5, 0.6) is 0 Å². The summed E-state index contributed by atoms with van der Waals surface area (Å²) in [7, 11) is 0. The van der Waals surface area contributed by atoms with E-state index < -0.39 is 0 Å². The fourth-order valence-corrected chi connectivity index (χ4v) is 5.06. The number of carbonyl (C=O) groups excluding carboxylic acids is 2. The highest BCUT2D eigenvalue weighted by atomic mass is 16.2. The number of nitrogens with one attached hydrogen (secondary N) is 1. The molecule has 2 heterocycles. The number of carbonyl (C=O) groups is 2. The van der Waals surface area contributed by atoms with E-state index in [0.717, 1.165) is 24.1 Å². The molecule has 1 saturated carbocycles. The number of allylic oxidation sites excluding steroid dienone is 2. The quantitative estimate of drug-likeness (QED) is 0.698. The summed E-state index contributed by atoms with van der Waals surface area (Å²) in [5.74, 6) is 0.513. The zero-order chi connectivity index (χ0) is 16.4. The number of para-hydroxylation sites is 1. The van der Waals surface area contributed by atoms with E-state index in [1.807, 2.05) is 12.1 Å². The highest BCUT2D eigenvalue weighted by Gasteiger charge is 2.58. The molecule has 0 radical (unpaired) electrons. The summed E-state index contributed by atoms with van der Waals surface area (Å²) in [6, 6.07) is 8.20. The van der Waals surface area contributed by atoms with Crippen molar-refractivity contribution >= 4 is 22.7 Å². The van der Waals surface area contributed by atoms with Crippen LogP contribution in [0.1, 0.15) is 17.7 Å². The molecule has 1 aromatic heterocycles. The number of hydrogen-bond donors (Lipinski definition) is 1. The Kier molecular flexibility index (Phi) is 2.82. The van der Waals surface area contributed by atoms with E-state index >= 15 is 0 Å². The average molecular weight is 320 g/mol. The third-order valence-corrected chi connectivity index (χ3v) is 6.17. The summed E-state index contributed by atoms with van der Waals surface area (Å²) in [4.78, 5) is 30.4. The lowest BCUT2D eigenvalue weighted by Crippen LogP contribution is -2.34. The summed E-state index contributed by atoms with van der Waals surface area (Å²) < 4.78 is 0. The van der Waals surface area contributed by atoms with Gasteiger partial charge in [0.25, 0.3) is 0 Å². The van der Waals surface area contributed by atoms with Crippen LogP contribution in [-0.2, 0) is 16.0 Å². The molecule has 2 aliphatic carbocycles. The Hall–Kier alpha value is -2.36. The molecule has 24 heavy (non-hydrogen) atoms. The van der Waals surface area contributed by atoms with Crippen LogP contribution in [0.25, 0.3) is 10.9 Å². The minimum Gasteiger partial charge on any atom is -0.358 e. The molecule has 4 heteroatoms. The van der Waals surface area contributed by atoms with Crippen molar-refractivity contribution in [1.29, 1.82) is 0 Å². The molecule has 1 aliphatic heterocycles. The van der Waals surface area contributed by atoms with Crippen molar-refractivity contribution in [2.24, 2.45) is 23.7 Å². The molecular formula is C20H20N2O2. The predicted octanol–water partition coefficient (Wildman–Crippen LogP) is 2.83. The topological polar surface area (TPSA) is 53.2 Å². The molecule has 4 atom stereocenters. The van der Waals surface area contributed by atoms with E-state index in [-0.39, 0.29) is 35.5 Å². The first-order valence-corrected chi connectivity index (χ1v) is 8.75. The second-order valence-electron chi connectivity index (χ2n) is 7.35. The van der Waals surface area contributed by atoms with Crippen LogP contribution in [-0.4, -0.2) is 28.2 Å². The lowest BCUT2D eigenvalue weighted by Gasteiger charge is -2.17. The van der Waals surface area contributed by atoms with Gasteiger partial charge in [-0.15, -0.1) is 0 Å². The SMILES string of the molecule is Cc1[nH]c2ccccc2c1CCN1C(=O)C2C3C=CC(C3)C2C1=O. The number of nitrogens with zero attached hydrogens (tertiary/aromatic N) is 1. The number of rotatable bonds is 3. The molecule has 3 aliphatic rings. The minimum atomic E-state index is -0.0865. The number of benzene rings is 1. The highest BCUT2D eigenvalue weighted by Crippen LogP contribution is 2.52. The lowest BCUT2D eigenvalue weighted by atomic mass is 9.85. The molecule has 2 amide bonds. The van der Waals surface area contributed by atoms with Crippen molar-refractivity contribution in [1.82, 2.24) is 9.88 Å². The second-order valence-corrected chi connectivity index (χ2v) is 7.35. The first-order chi connectivity index (χ1) is 11.6. The van der Waals surface area contributed by atoms with E-state index in [4.69, 9.17) is 0 Å². The fourth-order valence-electron chi connectivity index (χ4n) is 5.06. The van der Waals surface area contributed by atoms with Gasteiger partial charge < -0.3 is 4.98 Å². The van der Waals surface area contributed by atoms with Gasteiger partial charge in [0.1, 0.15) is 0 Å². The predicted molar refractivity (Wildman–Crippen MR) is 91.2 cm³/mol. The summed E-state index contributed by atoms with van der Waals surface area (Å²) in [6.45, 7) is 2.55. The molecule has 122 valence electrons. The molecule has 4 nitrogen and oxygen atoms in total. The van der Waals surface area contributed by atoms with Gasteiger partial charge >= 0.3 is 0 Å². The van der Waals surface area contributed by atoms with Gasteiger partial charge in [-0.2, -0.15) is 0 Å². The van der Waals surface area contributed by atoms with Gasteiger partial charge in [0.2, 0.25) is 11.8 Å². The first-order valence-electron chi connectivity index (χ1n) is 8.75. The van der Waals surface area contributed by atoms with Crippen LogP contribution in [0.3, 0.4) is 0 Å². The van der Waals surface area contributed by atoms with E-state index in [1.54, 1.807) is 0 Å². The number of amides is 2. The molecule has 0 spiro atoms. The summed E-state index contributed by atoms with van der Waals surface area (Å²) in [6.07, 6.45) is 5.99. The van der Waals surface area contributed by atoms with Crippen molar-refractivity contribution in [2.75, 3.05) is 6.54 Å². The number of likely N-dealkylation sites (tertiary alicyclic amines) is 1. The van der Waals surface area contributed by atoms with Crippen LogP contribution in [0.2, 0.25) is 0 Å². The number of aromatic amines is 1. The Morgan fingerprint density at radius 2 is 1.75 bits per heavy atom. The van der Waals surface area contributed by atoms with E-state index in [1.165, 1.54) is 15.8 Å². The summed E-state index contributed by atoms with van der Waals surface area (Å²) in [5.41, 5.74) is 3.45. The Morgan fingerprint density at radius 1 is 1.08 bits per heavy atom. The number of aryl methyl sites for hydroxylation is 1. The number of fused-ring (bicyclic) bond motifs is 6. The van der Waals surface area contributed by atoms with E-state index in [2.05, 4.69) is 36.2 Å². The van der Waals surface area contributed by atoms with Crippen LogP contribution >= 0.6 is 0 Å². The Morgan fingerprint density at radius 3 is 2.46 bits per heavy atom. The summed E-state index contributed by atoms with van der Waals surface area (Å²) >= 11 is 0. The third-order valence-electron chi connectivity index (χ3n) is 6.17. The van der Waals surface area contributed by atoms with Gasteiger partial charge in [0.05, 0.1) is 11.8 Å². The van der Waals surface area contributed by atoms with Crippen molar-refractivity contribution < 1.29 is 9.59 Å². The lowest BCUT2D eigenvalue weighted by molar-refractivity contribution is -0.140. The molecule has 2 aromatic rings. The molecule has 4 unspecified atom stereocenters. The Bertz CT molecular complexity index is 864. The monoisotopic (exact) mass is 320 g/mol. The Balaban J connectivity index is 1.40. The maximum absolute atomic E-state index is 12.8. The fraction of sp³-hybridized carbons (Fsp3) is 0.400. The zero-order valence-corrected chi connectivity index (χ0v) is 13.7. The van der Waals surface area contributed by atoms with E-state index in [0.29, 0.717) is 6.54 Å². The molecule has 1 aromatic carbocycles. The van der Waals surface area contributed by atoms with Crippen molar-refractivity contribution in [3.63, 3.8) is 0 Å². The van der Waals surface area contributed by atoms with Gasteiger partial charge in [-0.1, -0.05) is 30.4 Å². The van der Waals surface area contributed by atoms with Gasteiger partial charge in [0.15, 0.2) is 0 Å². The zero-order valence-electron chi connectivity index (χ0n) is 13.7. The van der Waals surface area contributed by atoms with Crippen molar-refractivity contribution in [3.05, 3.63) is 47.7 Å². The third kappa shape index (κ3) is 1.74. The molecule has 5 rings (SSSR count). The van der Waals surface area contributed by atoms with Gasteiger partial charge in [-0.3, -0.25) is 14.5 Å². The van der Waals surface area contributed by atoms with Crippen LogP contribution < -0.4 is 0 Å². The maximum Gasteiger partial charge on any atom is 0.233 e.